The molecular formula is C31H50O8Si. The van der Waals surface area contributed by atoms with Crippen LogP contribution in [0.5, 0.6) is 0 Å². The van der Waals surface area contributed by atoms with E-state index in [0.29, 0.717) is 0 Å². The van der Waals surface area contributed by atoms with Crippen molar-refractivity contribution in [3.05, 3.63) is 71.8 Å². The first-order chi connectivity index (χ1) is 18.7. The molecule has 0 spiro atoms. The molecule has 0 amide bonds. The number of hydrogen-bond donors (Lipinski definition) is 3. The fourth-order valence-corrected chi connectivity index (χ4v) is 4.89. The SMILES string of the molecule is COCO[C@@H]([C@H](O)[C@H](OCc1ccccc1)[C@@H](CO[Si](C)(C)C(C)(C)C)OCc1ccccc1)[C@@](C)(O)[C@@H](C)O. The summed E-state index contributed by atoms with van der Waals surface area (Å²) in [4.78, 5) is 0. The summed E-state index contributed by atoms with van der Waals surface area (Å²) in [6, 6.07) is 19.3. The van der Waals surface area contributed by atoms with Crippen molar-refractivity contribution in [3.8, 4) is 0 Å². The van der Waals surface area contributed by atoms with Crippen molar-refractivity contribution in [1.82, 2.24) is 0 Å². The quantitative estimate of drug-likeness (QED) is 0.184. The Labute approximate surface area is 241 Å². The van der Waals surface area contributed by atoms with Gasteiger partial charge in [0.05, 0.1) is 25.9 Å². The van der Waals surface area contributed by atoms with E-state index in [1.807, 2.05) is 60.7 Å². The summed E-state index contributed by atoms with van der Waals surface area (Å²) in [6.07, 6.45) is -5.60. The largest absolute Gasteiger partial charge is 0.414 e. The third kappa shape index (κ3) is 10.0. The molecule has 226 valence electrons. The molecule has 3 N–H and O–H groups in total. The predicted octanol–water partition coefficient (Wildman–Crippen LogP) is 4.66. The Morgan fingerprint density at radius 2 is 1.30 bits per heavy atom. The van der Waals surface area contributed by atoms with Crippen molar-refractivity contribution < 1.29 is 38.7 Å². The molecule has 0 saturated heterocycles. The molecule has 0 heterocycles. The molecule has 2 aromatic rings. The molecular weight excluding hydrogens is 528 g/mol. The van der Waals surface area contributed by atoms with E-state index in [2.05, 4.69) is 33.9 Å². The summed E-state index contributed by atoms with van der Waals surface area (Å²) in [5.74, 6) is 0. The molecule has 2 aromatic carbocycles. The average Bonchev–Trinajstić information content (AvgIpc) is 2.90. The van der Waals surface area contributed by atoms with E-state index in [1.165, 1.54) is 21.0 Å². The van der Waals surface area contributed by atoms with Gasteiger partial charge in [-0.1, -0.05) is 81.4 Å². The van der Waals surface area contributed by atoms with Gasteiger partial charge in [-0.2, -0.15) is 0 Å². The number of aliphatic hydroxyl groups excluding tert-OH is 2. The fourth-order valence-electron chi connectivity index (χ4n) is 3.88. The maximum absolute atomic E-state index is 11.8. The molecule has 0 saturated carbocycles. The van der Waals surface area contributed by atoms with E-state index in [-0.39, 0.29) is 31.7 Å². The fraction of sp³-hybridized carbons (Fsp3) is 0.613. The first-order valence-electron chi connectivity index (χ1n) is 13.8. The molecule has 6 atom stereocenters. The topological polar surface area (TPSA) is 107 Å². The molecule has 0 bridgehead atoms. The van der Waals surface area contributed by atoms with Gasteiger partial charge in [0.25, 0.3) is 0 Å². The van der Waals surface area contributed by atoms with Gasteiger partial charge in [0, 0.05) is 7.11 Å². The van der Waals surface area contributed by atoms with E-state index < -0.39 is 44.4 Å². The zero-order valence-corrected chi connectivity index (χ0v) is 26.4. The number of hydrogen-bond acceptors (Lipinski definition) is 8. The van der Waals surface area contributed by atoms with Gasteiger partial charge >= 0.3 is 0 Å². The Hall–Kier alpha value is -1.66. The molecule has 40 heavy (non-hydrogen) atoms. The van der Waals surface area contributed by atoms with Gasteiger partial charge in [-0.3, -0.25) is 0 Å². The summed E-state index contributed by atoms with van der Waals surface area (Å²) in [5.41, 5.74) is 0.0408. The van der Waals surface area contributed by atoms with E-state index in [1.54, 1.807) is 0 Å². The molecule has 0 aromatic heterocycles. The van der Waals surface area contributed by atoms with Crippen molar-refractivity contribution in [2.75, 3.05) is 20.5 Å². The predicted molar refractivity (Wildman–Crippen MR) is 158 cm³/mol. The monoisotopic (exact) mass is 578 g/mol. The molecule has 0 aliphatic carbocycles. The summed E-state index contributed by atoms with van der Waals surface area (Å²) in [7, 11) is -0.757. The summed E-state index contributed by atoms with van der Waals surface area (Å²) in [6.45, 7) is 14.0. The highest BCUT2D eigenvalue weighted by molar-refractivity contribution is 6.74. The van der Waals surface area contributed by atoms with Crippen LogP contribution >= 0.6 is 0 Å². The third-order valence-electron chi connectivity index (χ3n) is 7.81. The van der Waals surface area contributed by atoms with Crippen molar-refractivity contribution in [2.45, 2.75) is 102 Å². The average molecular weight is 579 g/mol. The maximum atomic E-state index is 11.8. The van der Waals surface area contributed by atoms with Crippen LogP contribution in [0, 0.1) is 0 Å². The van der Waals surface area contributed by atoms with Crippen LogP contribution in [0.25, 0.3) is 0 Å². The smallest absolute Gasteiger partial charge is 0.192 e. The Morgan fingerprint density at radius 1 is 0.800 bits per heavy atom. The minimum Gasteiger partial charge on any atom is -0.414 e. The molecule has 8 nitrogen and oxygen atoms in total. The minimum absolute atomic E-state index is 0.0455. The van der Waals surface area contributed by atoms with Crippen molar-refractivity contribution >= 4 is 8.32 Å². The molecule has 0 aliphatic heterocycles. The molecule has 0 aliphatic rings. The Morgan fingerprint density at radius 3 is 1.75 bits per heavy atom. The highest BCUT2D eigenvalue weighted by atomic mass is 28.4. The van der Waals surface area contributed by atoms with Gasteiger partial charge in [0.1, 0.15) is 36.8 Å². The van der Waals surface area contributed by atoms with Crippen molar-refractivity contribution in [1.29, 1.82) is 0 Å². The third-order valence-corrected chi connectivity index (χ3v) is 12.3. The lowest BCUT2D eigenvalue weighted by atomic mass is 9.86. The second-order valence-corrected chi connectivity index (χ2v) is 16.9. The molecule has 0 unspecified atom stereocenters. The second-order valence-electron chi connectivity index (χ2n) is 12.1. The number of rotatable bonds is 17. The summed E-state index contributed by atoms with van der Waals surface area (Å²) in [5, 5.41) is 33.4. The van der Waals surface area contributed by atoms with E-state index in [9.17, 15) is 15.3 Å². The first kappa shape index (κ1) is 34.5. The van der Waals surface area contributed by atoms with E-state index in [0.717, 1.165) is 11.1 Å². The summed E-state index contributed by atoms with van der Waals surface area (Å²) < 4.78 is 30.2. The van der Waals surface area contributed by atoms with Crippen molar-refractivity contribution in [3.63, 3.8) is 0 Å². The molecule has 0 radical (unpaired) electrons. The van der Waals surface area contributed by atoms with Crippen LogP contribution in [0.4, 0.5) is 0 Å². The maximum Gasteiger partial charge on any atom is 0.192 e. The number of aliphatic hydroxyl groups is 3. The van der Waals surface area contributed by atoms with E-state index >= 15 is 0 Å². The van der Waals surface area contributed by atoms with Crippen LogP contribution in [0.1, 0.15) is 45.7 Å². The Bertz CT molecular complexity index is 962. The van der Waals surface area contributed by atoms with Gasteiger partial charge in [-0.15, -0.1) is 0 Å². The van der Waals surface area contributed by atoms with Crippen LogP contribution < -0.4 is 0 Å². The molecule has 0 fully saturated rings. The van der Waals surface area contributed by atoms with Crippen LogP contribution in [0.2, 0.25) is 18.1 Å². The Kier molecular flexibility index (Phi) is 13.4. The number of ether oxygens (including phenoxy) is 4. The highest BCUT2D eigenvalue weighted by Crippen LogP contribution is 2.37. The van der Waals surface area contributed by atoms with Crippen molar-refractivity contribution in [2.24, 2.45) is 0 Å². The van der Waals surface area contributed by atoms with E-state index in [4.69, 9.17) is 23.4 Å². The molecule has 2 rings (SSSR count). The molecule has 9 heteroatoms. The lowest BCUT2D eigenvalue weighted by molar-refractivity contribution is -0.243. The van der Waals surface area contributed by atoms with Gasteiger partial charge in [0.2, 0.25) is 0 Å². The second kappa shape index (κ2) is 15.5. The van der Waals surface area contributed by atoms with Gasteiger partial charge < -0.3 is 38.7 Å². The highest BCUT2D eigenvalue weighted by Gasteiger charge is 2.48. The number of methoxy groups -OCH3 is 1. The van der Waals surface area contributed by atoms with Gasteiger partial charge in [0.15, 0.2) is 8.32 Å². The first-order valence-corrected chi connectivity index (χ1v) is 16.8. The normalized spacial score (nSPS) is 18.0. The standard InChI is InChI=1S/C31H50O8Si/c1-23(32)31(5,34)29(38-22-35-6)27(33)28(37-20-25-17-13-10-14-18-25)26(21-39-40(7,8)30(2,3)4)36-19-24-15-11-9-12-16-24/h9-18,23,26-29,32-34H,19-22H2,1-8H3/t23-,26-,27-,28-,29+,31+/m1/s1. The minimum atomic E-state index is -2.20. The zero-order valence-electron chi connectivity index (χ0n) is 25.4. The van der Waals surface area contributed by atoms with Gasteiger partial charge in [-0.25, -0.2) is 0 Å². The lowest BCUT2D eigenvalue weighted by Gasteiger charge is -2.43. The van der Waals surface area contributed by atoms with Crippen LogP contribution in [-0.2, 0) is 36.6 Å². The van der Waals surface area contributed by atoms with Crippen LogP contribution in [0.3, 0.4) is 0 Å². The van der Waals surface area contributed by atoms with Crippen LogP contribution in [0.15, 0.2) is 60.7 Å². The van der Waals surface area contributed by atoms with Crippen LogP contribution in [-0.4, -0.2) is 80.3 Å². The van der Waals surface area contributed by atoms with Gasteiger partial charge in [-0.05, 0) is 43.1 Å². The summed E-state index contributed by atoms with van der Waals surface area (Å²) >= 11 is 0. The number of benzene rings is 2. The zero-order chi connectivity index (χ0) is 30.0. The lowest BCUT2D eigenvalue weighted by Crippen LogP contribution is -2.61. The Balaban J connectivity index is 2.48.